The minimum atomic E-state index is -4.42. The SMILES string of the molecule is O=C(NCCC1CCNC1)C1CC(=O)N(CC(F)(F)F)C1. The zero-order valence-corrected chi connectivity index (χ0v) is 11.7. The van der Waals surface area contributed by atoms with Crippen LogP contribution in [0.5, 0.6) is 0 Å². The summed E-state index contributed by atoms with van der Waals surface area (Å²) in [7, 11) is 0. The summed E-state index contributed by atoms with van der Waals surface area (Å²) in [6.07, 6.45) is -2.62. The van der Waals surface area contributed by atoms with Gasteiger partial charge < -0.3 is 15.5 Å². The van der Waals surface area contributed by atoms with Crippen LogP contribution in [0.1, 0.15) is 19.3 Å². The highest BCUT2D eigenvalue weighted by atomic mass is 19.4. The van der Waals surface area contributed by atoms with Crippen molar-refractivity contribution in [2.45, 2.75) is 25.4 Å². The average Bonchev–Trinajstić information content (AvgIpc) is 2.98. The van der Waals surface area contributed by atoms with E-state index in [2.05, 4.69) is 10.6 Å². The molecule has 2 saturated heterocycles. The van der Waals surface area contributed by atoms with Crippen molar-refractivity contribution in [3.05, 3.63) is 0 Å². The fraction of sp³-hybridized carbons (Fsp3) is 0.846. The molecule has 8 heteroatoms. The second kappa shape index (κ2) is 6.64. The Hall–Kier alpha value is -1.31. The summed E-state index contributed by atoms with van der Waals surface area (Å²) in [5, 5.41) is 5.96. The molecule has 0 aromatic carbocycles. The number of halogens is 3. The number of carbonyl (C=O) groups is 2. The van der Waals surface area contributed by atoms with Crippen LogP contribution >= 0.6 is 0 Å². The van der Waals surface area contributed by atoms with Crippen LogP contribution in [0, 0.1) is 11.8 Å². The summed E-state index contributed by atoms with van der Waals surface area (Å²) >= 11 is 0. The van der Waals surface area contributed by atoms with Crippen molar-refractivity contribution in [3.8, 4) is 0 Å². The Morgan fingerprint density at radius 1 is 1.43 bits per heavy atom. The lowest BCUT2D eigenvalue weighted by Gasteiger charge is -2.18. The van der Waals surface area contributed by atoms with E-state index in [1.165, 1.54) is 0 Å². The first kappa shape index (κ1) is 16.1. The Labute approximate surface area is 121 Å². The molecule has 5 nitrogen and oxygen atoms in total. The first-order valence-electron chi connectivity index (χ1n) is 7.18. The highest BCUT2D eigenvalue weighted by Gasteiger charge is 2.40. The van der Waals surface area contributed by atoms with Crippen LogP contribution in [0.25, 0.3) is 0 Å². The number of likely N-dealkylation sites (tertiary alicyclic amines) is 1. The summed E-state index contributed by atoms with van der Waals surface area (Å²) in [4.78, 5) is 24.1. The van der Waals surface area contributed by atoms with Gasteiger partial charge in [0.15, 0.2) is 0 Å². The van der Waals surface area contributed by atoms with Crippen molar-refractivity contribution in [2.24, 2.45) is 11.8 Å². The average molecular weight is 307 g/mol. The number of alkyl halides is 3. The van der Waals surface area contributed by atoms with Crippen molar-refractivity contribution in [2.75, 3.05) is 32.7 Å². The second-order valence-corrected chi connectivity index (χ2v) is 5.73. The molecule has 0 spiro atoms. The minimum absolute atomic E-state index is 0.132. The molecule has 2 rings (SSSR count). The van der Waals surface area contributed by atoms with Gasteiger partial charge in [-0.25, -0.2) is 0 Å². The van der Waals surface area contributed by atoms with Crippen molar-refractivity contribution in [1.82, 2.24) is 15.5 Å². The van der Waals surface area contributed by atoms with Crippen LogP contribution in [0.2, 0.25) is 0 Å². The molecule has 120 valence electrons. The number of hydrogen-bond donors (Lipinski definition) is 2. The van der Waals surface area contributed by atoms with Gasteiger partial charge in [-0.1, -0.05) is 0 Å². The van der Waals surface area contributed by atoms with Crippen molar-refractivity contribution in [3.63, 3.8) is 0 Å². The molecule has 0 aromatic rings. The number of amides is 2. The zero-order chi connectivity index (χ0) is 15.5. The largest absolute Gasteiger partial charge is 0.406 e. The van der Waals surface area contributed by atoms with E-state index in [1.54, 1.807) is 0 Å². The molecular formula is C13H20F3N3O2. The van der Waals surface area contributed by atoms with Gasteiger partial charge in [-0.3, -0.25) is 9.59 Å². The van der Waals surface area contributed by atoms with E-state index in [0.29, 0.717) is 17.4 Å². The highest BCUT2D eigenvalue weighted by molar-refractivity contribution is 5.89. The molecular weight excluding hydrogens is 287 g/mol. The lowest BCUT2D eigenvalue weighted by Crippen LogP contribution is -2.37. The lowest BCUT2D eigenvalue weighted by atomic mass is 10.0. The molecule has 21 heavy (non-hydrogen) atoms. The Kier molecular flexibility index (Phi) is 5.08. The van der Waals surface area contributed by atoms with E-state index in [4.69, 9.17) is 0 Å². The molecule has 2 unspecified atom stereocenters. The van der Waals surface area contributed by atoms with Crippen LogP contribution in [0.3, 0.4) is 0 Å². The van der Waals surface area contributed by atoms with E-state index >= 15 is 0 Å². The van der Waals surface area contributed by atoms with Gasteiger partial charge in [0.05, 0.1) is 5.92 Å². The first-order chi connectivity index (χ1) is 9.85. The third-order valence-corrected chi connectivity index (χ3v) is 3.97. The number of rotatable bonds is 5. The van der Waals surface area contributed by atoms with Crippen LogP contribution in [-0.2, 0) is 9.59 Å². The highest BCUT2D eigenvalue weighted by Crippen LogP contribution is 2.24. The minimum Gasteiger partial charge on any atom is -0.356 e. The van der Waals surface area contributed by atoms with E-state index < -0.39 is 24.5 Å². The standard InChI is InChI=1S/C13H20F3N3O2/c14-13(15,16)8-19-7-10(5-11(19)20)12(21)18-4-2-9-1-3-17-6-9/h9-10,17H,1-8H2,(H,18,21). The fourth-order valence-corrected chi connectivity index (χ4v) is 2.82. The number of hydrogen-bond acceptors (Lipinski definition) is 3. The molecule has 2 fully saturated rings. The monoisotopic (exact) mass is 307 g/mol. The smallest absolute Gasteiger partial charge is 0.356 e. The summed E-state index contributed by atoms with van der Waals surface area (Å²) in [5.74, 6) is -1.05. The summed E-state index contributed by atoms with van der Waals surface area (Å²) in [6, 6.07) is 0. The third-order valence-electron chi connectivity index (χ3n) is 3.97. The number of carbonyl (C=O) groups excluding carboxylic acids is 2. The first-order valence-corrected chi connectivity index (χ1v) is 7.18. The molecule has 0 aromatic heterocycles. The van der Waals surface area contributed by atoms with Gasteiger partial charge in [-0.15, -0.1) is 0 Å². The fourth-order valence-electron chi connectivity index (χ4n) is 2.82. The van der Waals surface area contributed by atoms with Crippen molar-refractivity contribution < 1.29 is 22.8 Å². The molecule has 0 aliphatic carbocycles. The summed E-state index contributed by atoms with van der Waals surface area (Å²) < 4.78 is 36.9. The molecule has 0 radical (unpaired) electrons. The van der Waals surface area contributed by atoms with E-state index in [1.807, 2.05) is 0 Å². The van der Waals surface area contributed by atoms with E-state index in [-0.39, 0.29) is 18.9 Å². The molecule has 2 atom stereocenters. The maximum Gasteiger partial charge on any atom is 0.406 e. The van der Waals surface area contributed by atoms with Crippen LogP contribution in [0.15, 0.2) is 0 Å². The Bertz CT molecular complexity index is 395. The Morgan fingerprint density at radius 3 is 2.81 bits per heavy atom. The molecule has 2 aliphatic heterocycles. The van der Waals surface area contributed by atoms with Gasteiger partial charge in [0, 0.05) is 19.5 Å². The Morgan fingerprint density at radius 2 is 2.19 bits per heavy atom. The third kappa shape index (κ3) is 4.87. The molecule has 2 N–H and O–H groups in total. The second-order valence-electron chi connectivity index (χ2n) is 5.73. The van der Waals surface area contributed by atoms with Crippen LogP contribution < -0.4 is 10.6 Å². The van der Waals surface area contributed by atoms with Gasteiger partial charge in [-0.05, 0) is 31.8 Å². The normalized spacial score (nSPS) is 26.4. The molecule has 2 aliphatic rings. The van der Waals surface area contributed by atoms with Crippen molar-refractivity contribution in [1.29, 1.82) is 0 Å². The van der Waals surface area contributed by atoms with Crippen molar-refractivity contribution >= 4 is 11.8 Å². The van der Waals surface area contributed by atoms with E-state index in [0.717, 1.165) is 25.9 Å². The Balaban J connectivity index is 1.72. The van der Waals surface area contributed by atoms with Gasteiger partial charge in [0.1, 0.15) is 6.54 Å². The van der Waals surface area contributed by atoms with Gasteiger partial charge >= 0.3 is 6.18 Å². The molecule has 2 amide bonds. The van der Waals surface area contributed by atoms with Crippen LogP contribution in [0.4, 0.5) is 13.2 Å². The molecule has 0 saturated carbocycles. The van der Waals surface area contributed by atoms with Gasteiger partial charge in [0.2, 0.25) is 11.8 Å². The maximum absolute atomic E-state index is 12.3. The summed E-state index contributed by atoms with van der Waals surface area (Å²) in [5.41, 5.74) is 0. The number of nitrogens with one attached hydrogen (secondary N) is 2. The van der Waals surface area contributed by atoms with Gasteiger partial charge in [0.25, 0.3) is 0 Å². The van der Waals surface area contributed by atoms with E-state index in [9.17, 15) is 22.8 Å². The van der Waals surface area contributed by atoms with Crippen LogP contribution in [-0.4, -0.2) is 55.6 Å². The quantitative estimate of drug-likeness (QED) is 0.778. The predicted octanol–water partition coefficient (Wildman–Crippen LogP) is 0.513. The lowest BCUT2D eigenvalue weighted by molar-refractivity contribution is -0.157. The predicted molar refractivity (Wildman–Crippen MR) is 69.3 cm³/mol. The molecule has 0 bridgehead atoms. The molecule has 2 heterocycles. The maximum atomic E-state index is 12.3. The topological polar surface area (TPSA) is 61.4 Å². The van der Waals surface area contributed by atoms with Gasteiger partial charge in [-0.2, -0.15) is 13.2 Å². The zero-order valence-electron chi connectivity index (χ0n) is 11.7. The number of nitrogens with zero attached hydrogens (tertiary/aromatic N) is 1. The summed E-state index contributed by atoms with van der Waals surface area (Å²) in [6.45, 7) is 1.02.